The molecule has 0 atom stereocenters. The second kappa shape index (κ2) is 6.31. The van der Waals surface area contributed by atoms with E-state index in [2.05, 4.69) is 0 Å². The van der Waals surface area contributed by atoms with Crippen LogP contribution >= 0.6 is 0 Å². The summed E-state index contributed by atoms with van der Waals surface area (Å²) in [5.41, 5.74) is 6.01. The topological polar surface area (TPSA) is 72.6 Å². The molecule has 0 spiro atoms. The first-order chi connectivity index (χ1) is 8.80. The highest BCUT2D eigenvalue weighted by Gasteiger charge is 2.25. The van der Waals surface area contributed by atoms with Crippen LogP contribution in [0.3, 0.4) is 0 Å². The van der Waals surface area contributed by atoms with E-state index < -0.39 is 15.8 Å². The van der Waals surface area contributed by atoms with Gasteiger partial charge in [0.15, 0.2) is 0 Å². The van der Waals surface area contributed by atoms with Crippen LogP contribution in [0.4, 0.5) is 10.1 Å². The number of anilines is 1. The van der Waals surface area contributed by atoms with Gasteiger partial charge in [0, 0.05) is 33.0 Å². The molecule has 1 aromatic rings. The summed E-state index contributed by atoms with van der Waals surface area (Å²) in [4.78, 5) is -0.384. The number of methoxy groups -OCH3 is 1. The van der Waals surface area contributed by atoms with E-state index >= 15 is 0 Å². The number of halogens is 1. The van der Waals surface area contributed by atoms with E-state index in [0.29, 0.717) is 13.0 Å². The van der Waals surface area contributed by atoms with Crippen molar-refractivity contribution < 1.29 is 17.5 Å². The number of aryl methyl sites for hydroxylation is 1. The van der Waals surface area contributed by atoms with Crippen LogP contribution in [0, 0.1) is 12.7 Å². The normalized spacial score (nSPS) is 12.1. The summed E-state index contributed by atoms with van der Waals surface area (Å²) in [6.45, 7) is 2.18. The van der Waals surface area contributed by atoms with Gasteiger partial charge in [0.1, 0.15) is 10.7 Å². The highest BCUT2D eigenvalue weighted by atomic mass is 32.2. The molecule has 0 heterocycles. The minimum atomic E-state index is -3.87. The lowest BCUT2D eigenvalue weighted by Crippen LogP contribution is -2.29. The molecular formula is C12H19FN2O3S. The first kappa shape index (κ1) is 15.9. The molecule has 0 aliphatic carbocycles. The molecule has 0 saturated carbocycles. The number of sulfonamides is 1. The Bertz CT molecular complexity index is 546. The summed E-state index contributed by atoms with van der Waals surface area (Å²) >= 11 is 0. The standard InChI is InChI=1S/C12H19FN2O3S/c1-9-7-10(14)8-11(12(9)13)19(16,17)15(2)5-4-6-18-3/h7-8H,4-6,14H2,1-3H3. The molecule has 19 heavy (non-hydrogen) atoms. The molecule has 108 valence electrons. The van der Waals surface area contributed by atoms with Gasteiger partial charge in [-0.25, -0.2) is 17.1 Å². The Morgan fingerprint density at radius 2 is 2.05 bits per heavy atom. The Labute approximate surface area is 113 Å². The zero-order valence-electron chi connectivity index (χ0n) is 11.3. The van der Waals surface area contributed by atoms with Crippen LogP contribution in [-0.4, -0.2) is 40.0 Å². The minimum Gasteiger partial charge on any atom is -0.399 e. The largest absolute Gasteiger partial charge is 0.399 e. The van der Waals surface area contributed by atoms with Crippen molar-refractivity contribution >= 4 is 15.7 Å². The van der Waals surface area contributed by atoms with Gasteiger partial charge in [0.2, 0.25) is 10.0 Å². The van der Waals surface area contributed by atoms with Crippen molar-refractivity contribution in [3.63, 3.8) is 0 Å². The molecule has 0 fully saturated rings. The smallest absolute Gasteiger partial charge is 0.245 e. The number of ether oxygens (including phenoxy) is 1. The highest BCUT2D eigenvalue weighted by Crippen LogP contribution is 2.24. The maximum Gasteiger partial charge on any atom is 0.245 e. The van der Waals surface area contributed by atoms with Gasteiger partial charge in [-0.05, 0) is 31.0 Å². The van der Waals surface area contributed by atoms with E-state index in [1.54, 1.807) is 0 Å². The monoisotopic (exact) mass is 290 g/mol. The molecule has 0 radical (unpaired) electrons. The molecule has 0 aliphatic rings. The van der Waals surface area contributed by atoms with Crippen molar-refractivity contribution in [2.75, 3.05) is 33.0 Å². The maximum atomic E-state index is 13.9. The number of rotatable bonds is 6. The molecule has 5 nitrogen and oxygen atoms in total. The molecular weight excluding hydrogens is 271 g/mol. The zero-order chi connectivity index (χ0) is 14.6. The third-order valence-corrected chi connectivity index (χ3v) is 4.61. The van der Waals surface area contributed by atoms with Gasteiger partial charge in [-0.15, -0.1) is 0 Å². The van der Waals surface area contributed by atoms with Gasteiger partial charge in [-0.1, -0.05) is 0 Å². The predicted octanol–water partition coefficient (Wildman–Crippen LogP) is 1.37. The van der Waals surface area contributed by atoms with Crippen molar-refractivity contribution in [1.29, 1.82) is 0 Å². The van der Waals surface area contributed by atoms with Crippen molar-refractivity contribution in [1.82, 2.24) is 4.31 Å². The van der Waals surface area contributed by atoms with Crippen LogP contribution in [0.2, 0.25) is 0 Å². The molecule has 0 amide bonds. The summed E-state index contributed by atoms with van der Waals surface area (Å²) < 4.78 is 44.4. The molecule has 1 rings (SSSR count). The molecule has 2 N–H and O–H groups in total. The third-order valence-electron chi connectivity index (χ3n) is 2.75. The number of hydrogen-bond donors (Lipinski definition) is 1. The van der Waals surface area contributed by atoms with Gasteiger partial charge in [0.25, 0.3) is 0 Å². The van der Waals surface area contributed by atoms with E-state index in [1.807, 2.05) is 0 Å². The molecule has 0 saturated heterocycles. The Kier molecular flexibility index (Phi) is 5.28. The van der Waals surface area contributed by atoms with Crippen molar-refractivity contribution in [2.24, 2.45) is 0 Å². The van der Waals surface area contributed by atoms with Crippen LogP contribution < -0.4 is 5.73 Å². The molecule has 1 aromatic carbocycles. The minimum absolute atomic E-state index is 0.212. The number of hydrogen-bond acceptors (Lipinski definition) is 4. The van der Waals surface area contributed by atoms with Gasteiger partial charge in [-0.2, -0.15) is 0 Å². The van der Waals surface area contributed by atoms with Crippen LogP contribution in [0.25, 0.3) is 0 Å². The number of nitrogens with zero attached hydrogens (tertiary/aromatic N) is 1. The van der Waals surface area contributed by atoms with Crippen LogP contribution in [-0.2, 0) is 14.8 Å². The van der Waals surface area contributed by atoms with Crippen molar-refractivity contribution in [2.45, 2.75) is 18.2 Å². The Morgan fingerprint density at radius 1 is 1.42 bits per heavy atom. The average molecular weight is 290 g/mol. The summed E-state index contributed by atoms with van der Waals surface area (Å²) in [5.74, 6) is -0.757. The second-order valence-corrected chi connectivity index (χ2v) is 6.34. The lowest BCUT2D eigenvalue weighted by molar-refractivity contribution is 0.189. The van der Waals surface area contributed by atoms with Crippen molar-refractivity contribution in [3.8, 4) is 0 Å². The highest BCUT2D eigenvalue weighted by molar-refractivity contribution is 7.89. The maximum absolute atomic E-state index is 13.9. The Balaban J connectivity index is 3.06. The third kappa shape index (κ3) is 3.65. The number of nitrogens with two attached hydrogens (primary N) is 1. The quantitative estimate of drug-likeness (QED) is 0.634. The molecule has 0 aromatic heterocycles. The van der Waals surface area contributed by atoms with E-state index in [-0.39, 0.29) is 22.7 Å². The van der Waals surface area contributed by atoms with Crippen molar-refractivity contribution in [3.05, 3.63) is 23.5 Å². The van der Waals surface area contributed by atoms with Crippen LogP contribution in [0.15, 0.2) is 17.0 Å². The number of benzene rings is 1. The van der Waals surface area contributed by atoms with Crippen LogP contribution in [0.5, 0.6) is 0 Å². The van der Waals surface area contributed by atoms with Crippen LogP contribution in [0.1, 0.15) is 12.0 Å². The fourth-order valence-electron chi connectivity index (χ4n) is 1.67. The fourth-order valence-corrected chi connectivity index (χ4v) is 3.05. The first-order valence-corrected chi connectivity index (χ1v) is 7.25. The van der Waals surface area contributed by atoms with Gasteiger partial charge in [0.05, 0.1) is 0 Å². The van der Waals surface area contributed by atoms with Gasteiger partial charge < -0.3 is 10.5 Å². The SMILES string of the molecule is COCCCN(C)S(=O)(=O)c1cc(N)cc(C)c1F. The van der Waals surface area contributed by atoms with E-state index in [1.165, 1.54) is 27.1 Å². The van der Waals surface area contributed by atoms with E-state index in [0.717, 1.165) is 10.4 Å². The van der Waals surface area contributed by atoms with E-state index in [4.69, 9.17) is 10.5 Å². The van der Waals surface area contributed by atoms with Gasteiger partial charge >= 0.3 is 0 Å². The predicted molar refractivity (Wildman–Crippen MR) is 71.9 cm³/mol. The average Bonchev–Trinajstić information content (AvgIpc) is 2.33. The van der Waals surface area contributed by atoms with Gasteiger partial charge in [-0.3, -0.25) is 0 Å². The molecule has 7 heteroatoms. The fraction of sp³-hybridized carbons (Fsp3) is 0.500. The molecule has 0 bridgehead atoms. The lowest BCUT2D eigenvalue weighted by Gasteiger charge is -2.18. The summed E-state index contributed by atoms with van der Waals surface area (Å²) in [7, 11) is -0.930. The summed E-state index contributed by atoms with van der Waals surface area (Å²) in [6, 6.07) is 2.55. The number of nitrogen functional groups attached to an aromatic ring is 1. The second-order valence-electron chi connectivity index (χ2n) is 4.32. The van der Waals surface area contributed by atoms with E-state index in [9.17, 15) is 12.8 Å². The molecule has 0 unspecified atom stereocenters. The Morgan fingerprint density at radius 3 is 2.63 bits per heavy atom. The summed E-state index contributed by atoms with van der Waals surface area (Å²) in [6.07, 6.45) is 0.537. The zero-order valence-corrected chi connectivity index (χ0v) is 12.1. The lowest BCUT2D eigenvalue weighted by atomic mass is 10.2. The first-order valence-electron chi connectivity index (χ1n) is 5.81. The Hall–Kier alpha value is -1.18. The molecule has 0 aliphatic heterocycles. The summed E-state index contributed by atoms with van der Waals surface area (Å²) in [5, 5.41) is 0.